The smallest absolute Gasteiger partial charge is 0.0507 e. The first-order valence-electron chi connectivity index (χ1n) is 5.79. The molecule has 1 heterocycles. The molecule has 1 N–H and O–H groups in total. The Kier molecular flexibility index (Phi) is 4.22. The van der Waals surface area contributed by atoms with Gasteiger partial charge in [0, 0.05) is 24.7 Å². The fourth-order valence-electron chi connectivity index (χ4n) is 1.91. The largest absolute Gasteiger partial charge is 0.381 e. The van der Waals surface area contributed by atoms with Gasteiger partial charge in [-0.25, -0.2) is 0 Å². The molecule has 0 radical (unpaired) electrons. The number of aryl methyl sites for hydroxylation is 1. The molecule has 1 saturated heterocycles. The van der Waals surface area contributed by atoms with Gasteiger partial charge in [0.1, 0.15) is 0 Å². The summed E-state index contributed by atoms with van der Waals surface area (Å²) in [4.78, 5) is 0. The molecule has 1 aliphatic rings. The van der Waals surface area contributed by atoms with Crippen LogP contribution in [-0.4, -0.2) is 19.8 Å². The molecule has 1 aromatic rings. The van der Waals surface area contributed by atoms with Gasteiger partial charge in [0.2, 0.25) is 0 Å². The van der Waals surface area contributed by atoms with Gasteiger partial charge in [-0.3, -0.25) is 0 Å². The lowest BCUT2D eigenvalue weighted by Gasteiger charge is -2.10. The Morgan fingerprint density at radius 3 is 3.06 bits per heavy atom. The van der Waals surface area contributed by atoms with Crippen molar-refractivity contribution in [3.8, 4) is 0 Å². The van der Waals surface area contributed by atoms with Crippen LogP contribution >= 0.6 is 11.6 Å². The molecule has 16 heavy (non-hydrogen) atoms. The number of rotatable bonds is 4. The van der Waals surface area contributed by atoms with Crippen molar-refractivity contribution in [3.63, 3.8) is 0 Å². The van der Waals surface area contributed by atoms with E-state index in [0.717, 1.165) is 36.9 Å². The predicted molar refractivity (Wildman–Crippen MR) is 66.8 cm³/mol. The highest BCUT2D eigenvalue weighted by atomic mass is 35.5. The van der Waals surface area contributed by atoms with E-state index in [4.69, 9.17) is 16.3 Å². The average molecular weight is 240 g/mol. The van der Waals surface area contributed by atoms with Crippen LogP contribution in [0.1, 0.15) is 17.5 Å². The van der Waals surface area contributed by atoms with Crippen molar-refractivity contribution in [2.45, 2.75) is 19.9 Å². The summed E-state index contributed by atoms with van der Waals surface area (Å²) >= 11 is 6.07. The van der Waals surface area contributed by atoms with Crippen LogP contribution in [0.3, 0.4) is 0 Å². The van der Waals surface area contributed by atoms with E-state index < -0.39 is 0 Å². The summed E-state index contributed by atoms with van der Waals surface area (Å²) in [5, 5.41) is 4.30. The van der Waals surface area contributed by atoms with Crippen molar-refractivity contribution in [1.29, 1.82) is 0 Å². The van der Waals surface area contributed by atoms with Crippen molar-refractivity contribution < 1.29 is 4.74 Å². The molecule has 1 unspecified atom stereocenters. The fourth-order valence-corrected chi connectivity index (χ4v) is 2.11. The second-order valence-corrected chi connectivity index (χ2v) is 4.85. The SMILES string of the molecule is Cc1ccc(CNCC2CCOC2)cc1Cl. The summed E-state index contributed by atoms with van der Waals surface area (Å²) in [7, 11) is 0. The highest BCUT2D eigenvalue weighted by Crippen LogP contribution is 2.17. The van der Waals surface area contributed by atoms with Crippen LogP contribution < -0.4 is 5.32 Å². The highest BCUT2D eigenvalue weighted by Gasteiger charge is 2.14. The van der Waals surface area contributed by atoms with Crippen molar-refractivity contribution in [1.82, 2.24) is 5.32 Å². The third-order valence-corrected chi connectivity index (χ3v) is 3.43. The Labute approximate surface area is 102 Å². The molecule has 1 aliphatic heterocycles. The van der Waals surface area contributed by atoms with Gasteiger partial charge in [0.15, 0.2) is 0 Å². The molecule has 1 aromatic carbocycles. The summed E-state index contributed by atoms with van der Waals surface area (Å²) < 4.78 is 5.33. The summed E-state index contributed by atoms with van der Waals surface area (Å²) in [6, 6.07) is 6.23. The predicted octanol–water partition coefficient (Wildman–Crippen LogP) is 2.77. The van der Waals surface area contributed by atoms with Crippen LogP contribution in [0.25, 0.3) is 0 Å². The first-order valence-corrected chi connectivity index (χ1v) is 6.17. The molecule has 88 valence electrons. The number of halogens is 1. The minimum atomic E-state index is 0.681. The first-order chi connectivity index (χ1) is 7.75. The number of hydrogen-bond donors (Lipinski definition) is 1. The average Bonchev–Trinajstić information content (AvgIpc) is 2.76. The normalized spacial score (nSPS) is 20.2. The van der Waals surface area contributed by atoms with Gasteiger partial charge in [-0.2, -0.15) is 0 Å². The molecule has 0 aliphatic carbocycles. The topological polar surface area (TPSA) is 21.3 Å². The van der Waals surface area contributed by atoms with Crippen molar-refractivity contribution >= 4 is 11.6 Å². The molecule has 0 amide bonds. The summed E-state index contributed by atoms with van der Waals surface area (Å²) in [5.74, 6) is 0.681. The zero-order valence-electron chi connectivity index (χ0n) is 9.63. The number of nitrogens with one attached hydrogen (secondary N) is 1. The third kappa shape index (κ3) is 3.21. The maximum Gasteiger partial charge on any atom is 0.0507 e. The maximum absolute atomic E-state index is 6.07. The molecular weight excluding hydrogens is 222 g/mol. The van der Waals surface area contributed by atoms with E-state index in [1.807, 2.05) is 13.0 Å². The van der Waals surface area contributed by atoms with E-state index in [2.05, 4.69) is 17.4 Å². The van der Waals surface area contributed by atoms with E-state index in [0.29, 0.717) is 5.92 Å². The van der Waals surface area contributed by atoms with Crippen molar-refractivity contribution in [2.75, 3.05) is 19.8 Å². The lowest BCUT2D eigenvalue weighted by atomic mass is 10.1. The van der Waals surface area contributed by atoms with Crippen LogP contribution in [0, 0.1) is 12.8 Å². The number of ether oxygens (including phenoxy) is 1. The van der Waals surface area contributed by atoms with E-state index >= 15 is 0 Å². The molecule has 0 spiro atoms. The maximum atomic E-state index is 6.07. The molecule has 0 bridgehead atoms. The third-order valence-electron chi connectivity index (χ3n) is 3.02. The minimum Gasteiger partial charge on any atom is -0.381 e. The number of hydrogen-bond acceptors (Lipinski definition) is 2. The monoisotopic (exact) mass is 239 g/mol. The molecule has 2 nitrogen and oxygen atoms in total. The number of benzene rings is 1. The molecule has 3 heteroatoms. The van der Waals surface area contributed by atoms with Crippen LogP contribution in [0.4, 0.5) is 0 Å². The van der Waals surface area contributed by atoms with Gasteiger partial charge in [0.05, 0.1) is 6.61 Å². The zero-order valence-corrected chi connectivity index (χ0v) is 10.4. The minimum absolute atomic E-state index is 0.681. The lowest BCUT2D eigenvalue weighted by molar-refractivity contribution is 0.185. The molecule has 1 fully saturated rings. The lowest BCUT2D eigenvalue weighted by Crippen LogP contribution is -2.22. The summed E-state index contributed by atoms with van der Waals surface area (Å²) in [5.41, 5.74) is 2.38. The van der Waals surface area contributed by atoms with Gasteiger partial charge in [-0.1, -0.05) is 23.7 Å². The second kappa shape index (κ2) is 5.67. The van der Waals surface area contributed by atoms with Crippen LogP contribution in [-0.2, 0) is 11.3 Å². The van der Waals surface area contributed by atoms with Crippen LogP contribution in [0.5, 0.6) is 0 Å². The van der Waals surface area contributed by atoms with E-state index in [-0.39, 0.29) is 0 Å². The molecule has 1 atom stereocenters. The standard InChI is InChI=1S/C13H18ClNO/c1-10-2-3-11(6-13(10)14)7-15-8-12-4-5-16-9-12/h2-3,6,12,15H,4-5,7-9H2,1H3. The Hall–Kier alpha value is -0.570. The van der Waals surface area contributed by atoms with Gasteiger partial charge >= 0.3 is 0 Å². The van der Waals surface area contributed by atoms with Crippen LogP contribution in [0.2, 0.25) is 5.02 Å². The van der Waals surface area contributed by atoms with E-state index in [1.54, 1.807) is 0 Å². The molecular formula is C13H18ClNO. The Morgan fingerprint density at radius 1 is 1.50 bits per heavy atom. The Morgan fingerprint density at radius 2 is 2.38 bits per heavy atom. The van der Waals surface area contributed by atoms with Gasteiger partial charge in [-0.05, 0) is 36.5 Å². The van der Waals surface area contributed by atoms with Crippen molar-refractivity contribution in [2.24, 2.45) is 5.92 Å². The second-order valence-electron chi connectivity index (χ2n) is 4.44. The fraction of sp³-hybridized carbons (Fsp3) is 0.538. The zero-order chi connectivity index (χ0) is 11.4. The summed E-state index contributed by atoms with van der Waals surface area (Å²) in [6.45, 7) is 5.77. The Balaban J connectivity index is 1.78. The highest BCUT2D eigenvalue weighted by molar-refractivity contribution is 6.31. The Bertz CT molecular complexity index is 348. The van der Waals surface area contributed by atoms with E-state index in [1.165, 1.54) is 12.0 Å². The van der Waals surface area contributed by atoms with Gasteiger partial charge in [0.25, 0.3) is 0 Å². The molecule has 0 aromatic heterocycles. The van der Waals surface area contributed by atoms with Crippen LogP contribution in [0.15, 0.2) is 18.2 Å². The van der Waals surface area contributed by atoms with E-state index in [9.17, 15) is 0 Å². The quantitative estimate of drug-likeness (QED) is 0.873. The van der Waals surface area contributed by atoms with Gasteiger partial charge in [-0.15, -0.1) is 0 Å². The first kappa shape index (κ1) is 11.9. The summed E-state index contributed by atoms with van der Waals surface area (Å²) in [6.07, 6.45) is 1.18. The molecule has 0 saturated carbocycles. The van der Waals surface area contributed by atoms with Crippen molar-refractivity contribution in [3.05, 3.63) is 34.3 Å². The van der Waals surface area contributed by atoms with Gasteiger partial charge < -0.3 is 10.1 Å². The molecule has 2 rings (SSSR count).